The highest BCUT2D eigenvalue weighted by Gasteiger charge is 2.11. The maximum absolute atomic E-state index is 4.19. The second-order valence-electron chi connectivity index (χ2n) is 4.10. The topological polar surface area (TPSA) is 24.4 Å². The molecule has 0 aromatic heterocycles. The molecule has 0 fully saturated rings. The minimum atomic E-state index is 0.961. The first-order chi connectivity index (χ1) is 7.43. The van der Waals surface area contributed by atoms with Gasteiger partial charge in [-0.05, 0) is 47.4 Å². The molecule has 0 spiro atoms. The van der Waals surface area contributed by atoms with E-state index in [1.165, 1.54) is 22.3 Å². The van der Waals surface area contributed by atoms with E-state index < -0.39 is 0 Å². The van der Waals surface area contributed by atoms with Gasteiger partial charge in [0.25, 0.3) is 0 Å². The zero-order chi connectivity index (χ0) is 10.1. The summed E-state index contributed by atoms with van der Waals surface area (Å²) in [5, 5.41) is 3.41. The molecule has 0 radical (unpaired) electrons. The smallest absolute Gasteiger partial charge is 0.0270 e. The Morgan fingerprint density at radius 3 is 3.13 bits per heavy atom. The van der Waals surface area contributed by atoms with Crippen molar-refractivity contribution in [3.63, 3.8) is 0 Å². The fourth-order valence-electron chi connectivity index (χ4n) is 2.27. The summed E-state index contributed by atoms with van der Waals surface area (Å²) < 4.78 is 0. The molecule has 2 heterocycles. The molecule has 2 heteroatoms. The molecule has 0 amide bonds. The first kappa shape index (κ1) is 8.86. The second-order valence-corrected chi connectivity index (χ2v) is 4.10. The van der Waals surface area contributed by atoms with Gasteiger partial charge in [-0.1, -0.05) is 6.07 Å². The molecule has 0 aliphatic carbocycles. The highest BCUT2D eigenvalue weighted by molar-refractivity contribution is 5.70. The summed E-state index contributed by atoms with van der Waals surface area (Å²) >= 11 is 0. The van der Waals surface area contributed by atoms with Crippen molar-refractivity contribution in [3.05, 3.63) is 40.6 Å². The predicted octanol–water partition coefficient (Wildman–Crippen LogP) is 1.93. The minimum Gasteiger partial charge on any atom is -0.312 e. The van der Waals surface area contributed by atoms with Crippen LogP contribution in [0.4, 0.5) is 0 Å². The lowest BCUT2D eigenvalue weighted by molar-refractivity contribution is 0.643. The van der Waals surface area contributed by atoms with Gasteiger partial charge in [0, 0.05) is 25.4 Å². The molecule has 1 aromatic rings. The number of rotatable bonds is 0. The lowest BCUT2D eigenvalue weighted by Gasteiger charge is -2.19. The van der Waals surface area contributed by atoms with Crippen LogP contribution in [0, 0.1) is 0 Å². The van der Waals surface area contributed by atoms with Crippen LogP contribution < -0.4 is 5.32 Å². The fraction of sp³-hybridized carbons (Fsp3) is 0.308. The number of nitrogens with zero attached hydrogens (tertiary/aromatic N) is 1. The molecule has 0 bridgehead atoms. The molecule has 3 rings (SSSR count). The fourth-order valence-corrected chi connectivity index (χ4v) is 2.27. The monoisotopic (exact) mass is 198 g/mol. The average molecular weight is 198 g/mol. The molecule has 0 atom stereocenters. The zero-order valence-electron chi connectivity index (χ0n) is 8.66. The largest absolute Gasteiger partial charge is 0.312 e. The third kappa shape index (κ3) is 1.61. The molecule has 0 unspecified atom stereocenters. The maximum atomic E-state index is 4.19. The van der Waals surface area contributed by atoms with Crippen molar-refractivity contribution in [1.29, 1.82) is 0 Å². The van der Waals surface area contributed by atoms with Crippen LogP contribution in [-0.2, 0) is 19.4 Å². The predicted molar refractivity (Wildman–Crippen MR) is 63.1 cm³/mol. The Morgan fingerprint density at radius 2 is 2.13 bits per heavy atom. The number of benzene rings is 1. The third-order valence-electron chi connectivity index (χ3n) is 3.10. The summed E-state index contributed by atoms with van der Waals surface area (Å²) in [6.07, 6.45) is 8.09. The highest BCUT2D eigenvalue weighted by Crippen LogP contribution is 2.22. The average Bonchev–Trinajstić information content (AvgIpc) is 2.50. The Labute approximate surface area is 89.7 Å². The van der Waals surface area contributed by atoms with Gasteiger partial charge in [-0.25, -0.2) is 0 Å². The van der Waals surface area contributed by atoms with Gasteiger partial charge in [0.05, 0.1) is 0 Å². The van der Waals surface area contributed by atoms with Crippen molar-refractivity contribution in [3.8, 4) is 0 Å². The molecule has 1 aromatic carbocycles. The molecule has 2 nitrogen and oxygen atoms in total. The van der Waals surface area contributed by atoms with E-state index in [-0.39, 0.29) is 0 Å². The summed E-state index contributed by atoms with van der Waals surface area (Å²) in [4.78, 5) is 4.19. The van der Waals surface area contributed by atoms with E-state index in [4.69, 9.17) is 0 Å². The van der Waals surface area contributed by atoms with Crippen molar-refractivity contribution >= 4 is 12.3 Å². The van der Waals surface area contributed by atoms with Crippen molar-refractivity contribution in [1.82, 2.24) is 5.32 Å². The van der Waals surface area contributed by atoms with Crippen LogP contribution in [0.15, 0.2) is 23.3 Å². The normalized spacial score (nSPS) is 18.1. The van der Waals surface area contributed by atoms with Crippen LogP contribution in [0.3, 0.4) is 0 Å². The van der Waals surface area contributed by atoms with Crippen LogP contribution in [0.1, 0.15) is 22.3 Å². The SMILES string of the molecule is C1=Cc2cc3c(cc2CC=N1)CCNC3. The maximum Gasteiger partial charge on any atom is 0.0270 e. The molecule has 15 heavy (non-hydrogen) atoms. The Balaban J connectivity index is 2.11. The van der Waals surface area contributed by atoms with E-state index in [2.05, 4.69) is 28.5 Å². The molecule has 2 aliphatic rings. The van der Waals surface area contributed by atoms with E-state index in [0.29, 0.717) is 0 Å². The van der Waals surface area contributed by atoms with Crippen molar-refractivity contribution in [2.75, 3.05) is 6.54 Å². The van der Waals surface area contributed by atoms with Crippen LogP contribution in [-0.4, -0.2) is 12.8 Å². The van der Waals surface area contributed by atoms with Crippen LogP contribution in [0.2, 0.25) is 0 Å². The highest BCUT2D eigenvalue weighted by atomic mass is 14.9. The van der Waals surface area contributed by atoms with Gasteiger partial charge in [-0.15, -0.1) is 0 Å². The Hall–Kier alpha value is -1.41. The minimum absolute atomic E-state index is 0.961. The molecule has 1 N–H and O–H groups in total. The quantitative estimate of drug-likeness (QED) is 0.676. The van der Waals surface area contributed by atoms with Crippen molar-refractivity contribution in [2.45, 2.75) is 19.4 Å². The molecular formula is C13H14N2. The Morgan fingerprint density at radius 1 is 1.13 bits per heavy atom. The van der Waals surface area contributed by atoms with Gasteiger partial charge in [0.1, 0.15) is 0 Å². The Bertz CT molecular complexity index is 444. The molecule has 0 saturated carbocycles. The van der Waals surface area contributed by atoms with E-state index in [0.717, 1.165) is 25.9 Å². The number of aliphatic imine (C=N–C) groups is 1. The summed E-state index contributed by atoms with van der Waals surface area (Å²) in [6.45, 7) is 2.12. The molecule has 76 valence electrons. The number of nitrogens with one attached hydrogen (secondary N) is 1. The second kappa shape index (κ2) is 3.63. The lowest BCUT2D eigenvalue weighted by atomic mass is 9.93. The lowest BCUT2D eigenvalue weighted by Crippen LogP contribution is -2.23. The van der Waals surface area contributed by atoms with Gasteiger partial charge in [-0.3, -0.25) is 4.99 Å². The summed E-state index contributed by atoms with van der Waals surface area (Å²) in [7, 11) is 0. The van der Waals surface area contributed by atoms with Gasteiger partial charge < -0.3 is 5.32 Å². The van der Waals surface area contributed by atoms with E-state index in [1.54, 1.807) is 0 Å². The van der Waals surface area contributed by atoms with Crippen LogP contribution in [0.25, 0.3) is 6.08 Å². The van der Waals surface area contributed by atoms with Gasteiger partial charge >= 0.3 is 0 Å². The van der Waals surface area contributed by atoms with Gasteiger partial charge in [-0.2, -0.15) is 0 Å². The molecule has 0 saturated heterocycles. The first-order valence-electron chi connectivity index (χ1n) is 5.47. The van der Waals surface area contributed by atoms with Gasteiger partial charge in [0.15, 0.2) is 0 Å². The number of hydrogen-bond acceptors (Lipinski definition) is 2. The van der Waals surface area contributed by atoms with Crippen LogP contribution in [0.5, 0.6) is 0 Å². The van der Waals surface area contributed by atoms with Crippen molar-refractivity contribution < 1.29 is 0 Å². The summed E-state index contributed by atoms with van der Waals surface area (Å²) in [6, 6.07) is 4.66. The first-order valence-corrected chi connectivity index (χ1v) is 5.47. The van der Waals surface area contributed by atoms with Crippen molar-refractivity contribution in [2.24, 2.45) is 4.99 Å². The van der Waals surface area contributed by atoms with E-state index in [9.17, 15) is 0 Å². The summed E-state index contributed by atoms with van der Waals surface area (Å²) in [5.41, 5.74) is 5.70. The van der Waals surface area contributed by atoms with Crippen LogP contribution >= 0.6 is 0 Å². The standard InChI is InChI=1S/C13H14N2/c1-4-14-5-2-11-8-13-9-15-6-3-12(13)7-10(1)11/h2,4-5,7-8,15H,1,3,6,9H2. The van der Waals surface area contributed by atoms with E-state index in [1.807, 2.05) is 12.4 Å². The molecule has 2 aliphatic heterocycles. The number of fused-ring (bicyclic) bond motifs is 2. The van der Waals surface area contributed by atoms with E-state index >= 15 is 0 Å². The van der Waals surface area contributed by atoms with Gasteiger partial charge in [0.2, 0.25) is 0 Å². The zero-order valence-corrected chi connectivity index (χ0v) is 8.66. The number of hydrogen-bond donors (Lipinski definition) is 1. The third-order valence-corrected chi connectivity index (χ3v) is 3.10. The summed E-state index contributed by atoms with van der Waals surface area (Å²) in [5.74, 6) is 0. The molecular weight excluding hydrogens is 184 g/mol. The Kier molecular flexibility index (Phi) is 2.14.